The van der Waals surface area contributed by atoms with E-state index < -0.39 is 6.04 Å². The average molecular weight is 900 g/mol. The van der Waals surface area contributed by atoms with Gasteiger partial charge < -0.3 is 14.4 Å². The normalized spacial score (nSPS) is 14.6. The van der Waals surface area contributed by atoms with Gasteiger partial charge in [0.05, 0.1) is 29.3 Å². The standard InChI is InChI=1S/C63H50N4O2/c1-42-35-59(64-39-55(42)45-23-13-7-14-24-45)67-56-34-31-48(63(2,3)4)37-54(56)53-33-32-50(38-57(53)67)69-49-28-17-27-47(36-49)58-40-68-62-60(46-25-15-8-16-26-46)66(41-65(58)62)61-51(43-19-9-5-10-20-43)29-18-30-52(61)44-21-11-6-12-22-44/h5-40H,41H2,1-4H3/i7D,13D,14D,23D,24D. The van der Waals surface area contributed by atoms with E-state index in [1.165, 1.54) is 5.56 Å². The Labute approximate surface area is 410 Å². The number of benzene rings is 8. The smallest absolute Gasteiger partial charge is 0.226 e. The lowest BCUT2D eigenvalue weighted by molar-refractivity contribution is 0.297. The Kier molecular flexibility index (Phi) is 8.95. The number of ether oxygens (including phenoxy) is 2. The third kappa shape index (κ3) is 7.51. The molecule has 0 saturated carbocycles. The lowest BCUT2D eigenvalue weighted by Crippen LogP contribution is -2.26. The zero-order valence-corrected chi connectivity index (χ0v) is 38.7. The summed E-state index contributed by atoms with van der Waals surface area (Å²) in [4.78, 5) is 9.57. The number of nitrogens with zero attached hydrogens (tertiary/aromatic N) is 4. The van der Waals surface area contributed by atoms with E-state index in [1.807, 2.05) is 55.7 Å². The zero-order valence-electron chi connectivity index (χ0n) is 43.7. The minimum Gasteiger partial charge on any atom is -0.457 e. The minimum atomic E-state index is -0.429. The molecular formula is C63H50N4O2. The van der Waals surface area contributed by atoms with Crippen molar-refractivity contribution in [1.29, 1.82) is 0 Å². The van der Waals surface area contributed by atoms with Crippen molar-refractivity contribution >= 4 is 38.9 Å². The number of pyridine rings is 1. The summed E-state index contributed by atoms with van der Waals surface area (Å²) in [6.07, 6.45) is 3.45. The number of anilines is 1. The van der Waals surface area contributed by atoms with Crippen LogP contribution >= 0.6 is 0 Å². The fraction of sp³-hybridized carbons (Fsp3) is 0.0952. The largest absolute Gasteiger partial charge is 0.457 e. The van der Waals surface area contributed by atoms with Gasteiger partial charge >= 0.3 is 0 Å². The van der Waals surface area contributed by atoms with Gasteiger partial charge in [-0.15, -0.1) is 0 Å². The topological polar surface area (TPSA) is 42.8 Å². The molecule has 0 unspecified atom stereocenters. The molecule has 0 radical (unpaired) electrons. The third-order valence-corrected chi connectivity index (χ3v) is 13.2. The number of hydrogen-bond acceptors (Lipinski definition) is 5. The van der Waals surface area contributed by atoms with Crippen LogP contribution in [0.5, 0.6) is 11.5 Å². The molecule has 0 atom stereocenters. The number of aromatic nitrogens is 2. The summed E-state index contributed by atoms with van der Waals surface area (Å²) >= 11 is 0. The van der Waals surface area contributed by atoms with Gasteiger partial charge in [-0.2, -0.15) is 0 Å². The van der Waals surface area contributed by atoms with Crippen molar-refractivity contribution in [2.45, 2.75) is 33.1 Å². The van der Waals surface area contributed by atoms with E-state index in [2.05, 4.69) is 169 Å². The van der Waals surface area contributed by atoms with Crippen LogP contribution in [0.3, 0.4) is 0 Å². The number of hydrogen-bond donors (Lipinski definition) is 0. The molecule has 6 heteroatoms. The Bertz CT molecular complexity index is 3850. The molecule has 2 aliphatic heterocycles. The maximum atomic E-state index is 8.67. The van der Waals surface area contributed by atoms with E-state index in [-0.39, 0.29) is 35.1 Å². The number of aryl methyl sites for hydroxylation is 1. The number of rotatable bonds is 9. The molecule has 334 valence electrons. The Morgan fingerprint density at radius 3 is 1.90 bits per heavy atom. The summed E-state index contributed by atoms with van der Waals surface area (Å²) in [5.41, 5.74) is 13.6. The fourth-order valence-electron chi connectivity index (χ4n) is 9.76. The van der Waals surface area contributed by atoms with Crippen molar-refractivity contribution in [2.24, 2.45) is 0 Å². The molecule has 6 nitrogen and oxygen atoms in total. The summed E-state index contributed by atoms with van der Waals surface area (Å²) in [7, 11) is 0. The van der Waals surface area contributed by atoms with Gasteiger partial charge in [0.25, 0.3) is 0 Å². The van der Waals surface area contributed by atoms with E-state index in [0.717, 1.165) is 83.7 Å². The molecule has 2 aliphatic rings. The van der Waals surface area contributed by atoms with Crippen LogP contribution in [0.1, 0.15) is 49.9 Å². The SMILES string of the molecule is [2H]c1c([2H])c([2H])c(-c2cnc(-n3c4ccc(C(C)(C)C)cc4c4ccc(Oc5cccc(C6=COC7=C(c8ccccc8)N(c8c(-c9ccccc9)cccc8-c8ccccc8)CN67)c5)cc43)cc2C)c([2H])c1[2H]. The van der Waals surface area contributed by atoms with Gasteiger partial charge in [-0.3, -0.25) is 9.47 Å². The molecule has 12 rings (SSSR count). The zero-order chi connectivity index (χ0) is 51.0. The maximum Gasteiger partial charge on any atom is 0.226 e. The highest BCUT2D eigenvalue weighted by Crippen LogP contribution is 2.50. The highest BCUT2D eigenvalue weighted by atomic mass is 16.5. The molecule has 2 aromatic heterocycles. The molecule has 0 spiro atoms. The lowest BCUT2D eigenvalue weighted by atomic mass is 9.86. The van der Waals surface area contributed by atoms with Gasteiger partial charge in [0.15, 0.2) is 0 Å². The van der Waals surface area contributed by atoms with Gasteiger partial charge in [-0.1, -0.05) is 178 Å². The predicted octanol–water partition coefficient (Wildman–Crippen LogP) is 16.0. The first-order chi connectivity index (χ1) is 35.8. The van der Waals surface area contributed by atoms with E-state index in [4.69, 9.17) is 21.3 Å². The molecular weight excluding hydrogens is 845 g/mol. The fourth-order valence-corrected chi connectivity index (χ4v) is 9.76. The molecule has 10 aromatic rings. The average Bonchev–Trinajstić information content (AvgIpc) is 4.11. The molecule has 0 saturated heterocycles. The van der Waals surface area contributed by atoms with E-state index in [9.17, 15) is 0 Å². The molecule has 69 heavy (non-hydrogen) atoms. The van der Waals surface area contributed by atoms with Crippen molar-refractivity contribution in [3.8, 4) is 50.7 Å². The molecule has 0 bridgehead atoms. The first kappa shape index (κ1) is 36.5. The van der Waals surface area contributed by atoms with Gasteiger partial charge in [0.1, 0.15) is 35.9 Å². The van der Waals surface area contributed by atoms with Gasteiger partial charge in [0, 0.05) is 50.9 Å². The second-order valence-electron chi connectivity index (χ2n) is 18.6. The third-order valence-electron chi connectivity index (χ3n) is 13.2. The first-order valence-corrected chi connectivity index (χ1v) is 23.2. The van der Waals surface area contributed by atoms with Gasteiger partial charge in [0.2, 0.25) is 5.88 Å². The van der Waals surface area contributed by atoms with Crippen molar-refractivity contribution in [2.75, 3.05) is 11.6 Å². The summed E-state index contributed by atoms with van der Waals surface area (Å²) in [5, 5.41) is 2.08. The maximum absolute atomic E-state index is 8.67. The van der Waals surface area contributed by atoms with Crippen molar-refractivity contribution < 1.29 is 16.3 Å². The van der Waals surface area contributed by atoms with Crippen LogP contribution in [0, 0.1) is 6.92 Å². The Balaban J connectivity index is 0.923. The van der Waals surface area contributed by atoms with E-state index in [0.29, 0.717) is 29.5 Å². The summed E-state index contributed by atoms with van der Waals surface area (Å²) in [5.74, 6) is 2.65. The van der Waals surface area contributed by atoms with Crippen molar-refractivity contribution in [3.05, 3.63) is 247 Å². The Morgan fingerprint density at radius 2 is 1.22 bits per heavy atom. The molecule has 0 N–H and O–H groups in total. The molecule has 0 amide bonds. The van der Waals surface area contributed by atoms with Crippen LogP contribution in [0.15, 0.2) is 224 Å². The lowest BCUT2D eigenvalue weighted by Gasteiger charge is -2.29. The first-order valence-electron chi connectivity index (χ1n) is 25.7. The Hall–Kier alpha value is -8.61. The van der Waals surface area contributed by atoms with Crippen molar-refractivity contribution in [3.63, 3.8) is 0 Å². The number of para-hydroxylation sites is 1. The molecule has 4 heterocycles. The van der Waals surface area contributed by atoms with Gasteiger partial charge in [-0.25, -0.2) is 4.98 Å². The summed E-state index contributed by atoms with van der Waals surface area (Å²) in [6, 6.07) is 59.1. The second-order valence-corrected chi connectivity index (χ2v) is 18.6. The highest BCUT2D eigenvalue weighted by Gasteiger charge is 2.40. The van der Waals surface area contributed by atoms with Crippen LogP contribution in [0.2, 0.25) is 0 Å². The number of fused-ring (bicyclic) bond motifs is 4. The summed E-state index contributed by atoms with van der Waals surface area (Å²) in [6.45, 7) is 8.99. The van der Waals surface area contributed by atoms with Crippen molar-refractivity contribution in [1.82, 2.24) is 14.5 Å². The van der Waals surface area contributed by atoms with Crippen LogP contribution in [0.25, 0.3) is 72.4 Å². The second kappa shape index (κ2) is 16.9. The minimum absolute atomic E-state index is 0.0956. The molecule has 8 aromatic carbocycles. The molecule has 0 aliphatic carbocycles. The van der Waals surface area contributed by atoms with Crippen LogP contribution in [0.4, 0.5) is 5.69 Å². The van der Waals surface area contributed by atoms with Crippen LogP contribution in [-0.2, 0) is 10.2 Å². The Morgan fingerprint density at radius 1 is 0.565 bits per heavy atom. The van der Waals surface area contributed by atoms with Crippen LogP contribution in [-0.4, -0.2) is 21.1 Å². The highest BCUT2D eigenvalue weighted by molar-refractivity contribution is 6.10. The molecule has 0 fully saturated rings. The van der Waals surface area contributed by atoms with Gasteiger partial charge in [-0.05, 0) is 82.6 Å². The van der Waals surface area contributed by atoms with Crippen LogP contribution < -0.4 is 9.64 Å². The quantitative estimate of drug-likeness (QED) is 0.144. The summed E-state index contributed by atoms with van der Waals surface area (Å²) < 4.78 is 57.7. The van der Waals surface area contributed by atoms with E-state index >= 15 is 0 Å². The van der Waals surface area contributed by atoms with E-state index in [1.54, 1.807) is 6.20 Å². The predicted molar refractivity (Wildman–Crippen MR) is 283 cm³/mol. The monoisotopic (exact) mass is 899 g/mol.